The molecular formula is C32H47N. The van der Waals surface area contributed by atoms with Gasteiger partial charge in [0.1, 0.15) is 0 Å². The molecular weight excluding hydrogens is 398 g/mol. The minimum Gasteiger partial charge on any atom is -0.303 e. The van der Waals surface area contributed by atoms with Gasteiger partial charge in [0.15, 0.2) is 0 Å². The molecule has 3 atom stereocenters. The summed E-state index contributed by atoms with van der Waals surface area (Å²) >= 11 is 0. The Kier molecular flexibility index (Phi) is 12.3. The summed E-state index contributed by atoms with van der Waals surface area (Å²) in [6.45, 7) is 18.7. The highest BCUT2D eigenvalue weighted by atomic mass is 15.1. The van der Waals surface area contributed by atoms with Crippen LogP contribution < -0.4 is 0 Å². The average Bonchev–Trinajstić information content (AvgIpc) is 2.80. The van der Waals surface area contributed by atoms with Crippen LogP contribution in [0.1, 0.15) is 66.7 Å². The SMILES string of the molecule is C=C(C)C/C(=C\C=C=CC)CC1CCN(CC(C(/C=C\CC)=C/C)C2C=CC=CC2C)CC1. The summed E-state index contributed by atoms with van der Waals surface area (Å²) < 4.78 is 0. The minimum absolute atomic E-state index is 0.551. The molecule has 2 rings (SSSR count). The van der Waals surface area contributed by atoms with Gasteiger partial charge in [-0.15, -0.1) is 5.73 Å². The van der Waals surface area contributed by atoms with E-state index >= 15 is 0 Å². The molecule has 1 heteroatoms. The summed E-state index contributed by atoms with van der Waals surface area (Å²) in [6, 6.07) is 0. The van der Waals surface area contributed by atoms with Gasteiger partial charge < -0.3 is 4.90 Å². The van der Waals surface area contributed by atoms with E-state index in [1.807, 2.05) is 13.0 Å². The largest absolute Gasteiger partial charge is 0.303 e. The standard InChI is InChI=1S/C32H47N/c1-7-10-12-16-29(23-26(4)5)24-28-19-21-33(22-20-28)25-32(30(9-3)17-11-8-2)31-18-14-13-15-27(31)6/h7,9,11-18,27-28,31-32H,4,8,19-25H2,1-3,5-6H3/b17-11-,29-16+,30-9+. The van der Waals surface area contributed by atoms with Gasteiger partial charge in [0.25, 0.3) is 0 Å². The first-order chi connectivity index (χ1) is 16.0. The first kappa shape index (κ1) is 27.2. The minimum atomic E-state index is 0.551. The van der Waals surface area contributed by atoms with Gasteiger partial charge in [0.2, 0.25) is 0 Å². The predicted molar refractivity (Wildman–Crippen MR) is 147 cm³/mol. The van der Waals surface area contributed by atoms with Crippen LogP contribution in [0.4, 0.5) is 0 Å². The van der Waals surface area contributed by atoms with Crippen molar-refractivity contribution in [1.82, 2.24) is 4.90 Å². The highest BCUT2D eigenvalue weighted by Gasteiger charge is 2.30. The van der Waals surface area contributed by atoms with Gasteiger partial charge in [0, 0.05) is 12.5 Å². The molecule has 0 saturated carbocycles. The van der Waals surface area contributed by atoms with Crippen molar-refractivity contribution in [2.75, 3.05) is 19.6 Å². The zero-order valence-electron chi connectivity index (χ0n) is 21.9. The number of likely N-dealkylation sites (tertiary alicyclic amines) is 1. The normalized spacial score (nSPS) is 23.5. The lowest BCUT2D eigenvalue weighted by Crippen LogP contribution is -2.40. The molecule has 1 fully saturated rings. The highest BCUT2D eigenvalue weighted by molar-refractivity contribution is 5.27. The van der Waals surface area contributed by atoms with Crippen molar-refractivity contribution < 1.29 is 0 Å². The third-order valence-electron chi connectivity index (χ3n) is 7.06. The van der Waals surface area contributed by atoms with Gasteiger partial charge in [-0.2, -0.15) is 0 Å². The second-order valence-electron chi connectivity index (χ2n) is 9.94. The van der Waals surface area contributed by atoms with Gasteiger partial charge in [-0.3, -0.25) is 0 Å². The molecule has 1 nitrogen and oxygen atoms in total. The molecule has 0 aromatic rings. The van der Waals surface area contributed by atoms with Crippen molar-refractivity contribution >= 4 is 0 Å². The van der Waals surface area contributed by atoms with Crippen LogP contribution in [0, 0.1) is 23.7 Å². The Morgan fingerprint density at radius 3 is 2.52 bits per heavy atom. The van der Waals surface area contributed by atoms with E-state index in [1.54, 1.807) is 0 Å². The molecule has 33 heavy (non-hydrogen) atoms. The van der Waals surface area contributed by atoms with Crippen LogP contribution in [0.25, 0.3) is 0 Å². The van der Waals surface area contributed by atoms with Gasteiger partial charge in [-0.25, -0.2) is 0 Å². The van der Waals surface area contributed by atoms with Crippen molar-refractivity contribution in [2.45, 2.75) is 66.7 Å². The Labute approximate surface area is 204 Å². The lowest BCUT2D eigenvalue weighted by Gasteiger charge is -2.38. The number of rotatable bonds is 11. The molecule has 1 heterocycles. The zero-order chi connectivity index (χ0) is 24.1. The molecule has 2 aliphatic rings. The average molecular weight is 446 g/mol. The van der Waals surface area contributed by atoms with Crippen LogP contribution in [0.3, 0.4) is 0 Å². The number of nitrogens with zero attached hydrogens (tertiary/aromatic N) is 1. The van der Waals surface area contributed by atoms with E-state index in [0.29, 0.717) is 17.8 Å². The number of hydrogen-bond acceptors (Lipinski definition) is 1. The van der Waals surface area contributed by atoms with Crippen LogP contribution in [0.2, 0.25) is 0 Å². The smallest absolute Gasteiger partial charge is 0.00560 e. The Bertz CT molecular complexity index is 817. The lowest BCUT2D eigenvalue weighted by molar-refractivity contribution is 0.151. The molecule has 0 aromatic carbocycles. The van der Waals surface area contributed by atoms with E-state index in [9.17, 15) is 0 Å². The fraction of sp³-hybridized carbons (Fsp3) is 0.531. The van der Waals surface area contributed by atoms with E-state index in [4.69, 9.17) is 0 Å². The molecule has 0 spiro atoms. The van der Waals surface area contributed by atoms with Crippen LogP contribution in [0.15, 0.2) is 89.8 Å². The van der Waals surface area contributed by atoms with Gasteiger partial charge >= 0.3 is 0 Å². The predicted octanol–water partition coefficient (Wildman–Crippen LogP) is 8.62. The Balaban J connectivity index is 2.04. The Hall–Kier alpha value is -2.08. The van der Waals surface area contributed by atoms with Crippen LogP contribution in [-0.4, -0.2) is 24.5 Å². The van der Waals surface area contributed by atoms with Crippen LogP contribution in [-0.2, 0) is 0 Å². The highest BCUT2D eigenvalue weighted by Crippen LogP contribution is 2.35. The summed E-state index contributed by atoms with van der Waals surface area (Å²) in [6.07, 6.45) is 28.5. The lowest BCUT2D eigenvalue weighted by atomic mass is 9.75. The Morgan fingerprint density at radius 1 is 1.18 bits per heavy atom. The van der Waals surface area contributed by atoms with Gasteiger partial charge in [-0.05, 0) is 101 Å². The molecule has 1 saturated heterocycles. The van der Waals surface area contributed by atoms with Crippen molar-refractivity contribution in [3.63, 3.8) is 0 Å². The molecule has 0 bridgehead atoms. The second-order valence-corrected chi connectivity index (χ2v) is 9.94. The number of piperidine rings is 1. The van der Waals surface area contributed by atoms with E-state index in [2.05, 4.69) is 99.6 Å². The molecule has 1 aliphatic carbocycles. The van der Waals surface area contributed by atoms with E-state index < -0.39 is 0 Å². The third-order valence-corrected chi connectivity index (χ3v) is 7.06. The molecule has 0 radical (unpaired) electrons. The van der Waals surface area contributed by atoms with Crippen LogP contribution >= 0.6 is 0 Å². The monoisotopic (exact) mass is 445 g/mol. The zero-order valence-corrected chi connectivity index (χ0v) is 21.9. The van der Waals surface area contributed by atoms with Crippen molar-refractivity contribution in [3.05, 3.63) is 89.8 Å². The Morgan fingerprint density at radius 2 is 1.91 bits per heavy atom. The summed E-state index contributed by atoms with van der Waals surface area (Å²) in [4.78, 5) is 2.73. The quantitative estimate of drug-likeness (QED) is 0.175. The fourth-order valence-electron chi connectivity index (χ4n) is 5.24. The summed E-state index contributed by atoms with van der Waals surface area (Å²) in [5.41, 5.74) is 7.45. The van der Waals surface area contributed by atoms with E-state index in [0.717, 1.165) is 25.3 Å². The fourth-order valence-corrected chi connectivity index (χ4v) is 5.24. The first-order valence-electron chi connectivity index (χ1n) is 13.1. The van der Waals surface area contributed by atoms with Crippen molar-refractivity contribution in [2.24, 2.45) is 23.7 Å². The first-order valence-corrected chi connectivity index (χ1v) is 13.1. The number of allylic oxidation sites excluding steroid dienone is 11. The maximum absolute atomic E-state index is 4.14. The van der Waals surface area contributed by atoms with Crippen molar-refractivity contribution in [1.29, 1.82) is 0 Å². The molecule has 0 amide bonds. The maximum Gasteiger partial charge on any atom is 0.00560 e. The topological polar surface area (TPSA) is 3.24 Å². The molecule has 0 aromatic heterocycles. The summed E-state index contributed by atoms with van der Waals surface area (Å²) in [5, 5.41) is 0. The second kappa shape index (κ2) is 14.9. The van der Waals surface area contributed by atoms with E-state index in [-0.39, 0.29) is 0 Å². The third kappa shape index (κ3) is 9.36. The summed E-state index contributed by atoms with van der Waals surface area (Å²) in [5.74, 6) is 2.49. The molecule has 0 N–H and O–H groups in total. The van der Waals surface area contributed by atoms with Gasteiger partial charge in [0.05, 0.1) is 0 Å². The molecule has 3 unspecified atom stereocenters. The summed E-state index contributed by atoms with van der Waals surface area (Å²) in [7, 11) is 0. The van der Waals surface area contributed by atoms with Crippen LogP contribution in [0.5, 0.6) is 0 Å². The van der Waals surface area contributed by atoms with Gasteiger partial charge in [-0.1, -0.05) is 80.2 Å². The molecule has 1 aliphatic heterocycles. The van der Waals surface area contributed by atoms with Crippen molar-refractivity contribution in [3.8, 4) is 0 Å². The number of hydrogen-bond donors (Lipinski definition) is 0. The van der Waals surface area contributed by atoms with E-state index in [1.165, 1.54) is 49.1 Å². The maximum atomic E-state index is 4.14. The molecule has 180 valence electrons.